The fourth-order valence-electron chi connectivity index (χ4n) is 3.18. The van der Waals surface area contributed by atoms with E-state index in [9.17, 15) is 8.42 Å². The number of sulfonamides is 1. The number of hydrogen-bond donors (Lipinski definition) is 1. The molecule has 2 atom stereocenters. The first-order valence-corrected chi connectivity index (χ1v) is 9.70. The number of likely N-dealkylation sites (tertiary alicyclic amines) is 1. The first kappa shape index (κ1) is 17.7. The molecule has 0 saturated carbocycles. The molecule has 1 aliphatic heterocycles. The summed E-state index contributed by atoms with van der Waals surface area (Å²) in [5.41, 5.74) is 0. The van der Waals surface area contributed by atoms with Gasteiger partial charge in [0.2, 0.25) is 10.0 Å². The molecule has 6 heteroatoms. The van der Waals surface area contributed by atoms with Gasteiger partial charge in [-0.2, -0.15) is 0 Å². The minimum absolute atomic E-state index is 0.261. The lowest BCUT2D eigenvalue weighted by molar-refractivity contribution is 0.140. The maximum Gasteiger partial charge on any atom is 0.240 e. The first-order valence-electron chi connectivity index (χ1n) is 7.84. The van der Waals surface area contributed by atoms with Crippen LogP contribution in [-0.2, 0) is 10.0 Å². The molecule has 1 aromatic carbocycles. The molecule has 124 valence electrons. The predicted octanol–water partition coefficient (Wildman–Crippen LogP) is 2.99. The maximum atomic E-state index is 12.1. The van der Waals surface area contributed by atoms with Gasteiger partial charge >= 0.3 is 0 Å². The van der Waals surface area contributed by atoms with Crippen molar-refractivity contribution in [3.05, 3.63) is 29.3 Å². The van der Waals surface area contributed by atoms with E-state index >= 15 is 0 Å². The Balaban J connectivity index is 1.77. The normalized spacial score (nSPS) is 23.6. The van der Waals surface area contributed by atoms with Crippen molar-refractivity contribution in [3.8, 4) is 0 Å². The van der Waals surface area contributed by atoms with E-state index in [2.05, 4.69) is 23.5 Å². The van der Waals surface area contributed by atoms with Crippen LogP contribution in [0.15, 0.2) is 29.2 Å². The summed E-state index contributed by atoms with van der Waals surface area (Å²) in [6.07, 6.45) is 2.12. The third kappa shape index (κ3) is 5.23. The lowest BCUT2D eigenvalue weighted by Gasteiger charge is -2.34. The molecule has 0 amide bonds. The average Bonchev–Trinajstić information content (AvgIpc) is 2.43. The molecule has 0 aliphatic carbocycles. The molecule has 1 aromatic rings. The fourth-order valence-corrected chi connectivity index (χ4v) is 4.38. The highest BCUT2D eigenvalue weighted by atomic mass is 35.5. The largest absolute Gasteiger partial charge is 0.303 e. The van der Waals surface area contributed by atoms with Crippen LogP contribution < -0.4 is 4.72 Å². The second-order valence-electron chi connectivity index (χ2n) is 6.41. The second-order valence-corrected chi connectivity index (χ2v) is 8.61. The van der Waals surface area contributed by atoms with Gasteiger partial charge in [0.25, 0.3) is 0 Å². The van der Waals surface area contributed by atoms with Crippen LogP contribution in [0.4, 0.5) is 0 Å². The van der Waals surface area contributed by atoms with Gasteiger partial charge < -0.3 is 4.90 Å². The van der Waals surface area contributed by atoms with Crippen LogP contribution in [0, 0.1) is 11.8 Å². The quantitative estimate of drug-likeness (QED) is 0.807. The van der Waals surface area contributed by atoms with E-state index in [1.165, 1.54) is 18.6 Å². The van der Waals surface area contributed by atoms with Gasteiger partial charge in [0, 0.05) is 24.7 Å². The summed E-state index contributed by atoms with van der Waals surface area (Å²) in [6.45, 7) is 8.21. The topological polar surface area (TPSA) is 49.4 Å². The van der Waals surface area contributed by atoms with Gasteiger partial charge in [-0.1, -0.05) is 25.4 Å². The molecule has 1 saturated heterocycles. The Hall–Kier alpha value is -0.620. The standard InChI is InChI=1S/C16H25ClN2O2S/c1-13-10-14(2)12-19(11-13)9-3-8-18-22(20,21)16-6-4-15(17)5-7-16/h4-7,13-14,18H,3,8-12H2,1-2H3. The van der Waals surface area contributed by atoms with Gasteiger partial charge in [0.1, 0.15) is 0 Å². The molecule has 0 radical (unpaired) electrons. The predicted molar refractivity (Wildman–Crippen MR) is 90.6 cm³/mol. The number of rotatable bonds is 6. The number of nitrogens with one attached hydrogen (secondary N) is 1. The summed E-state index contributed by atoms with van der Waals surface area (Å²) < 4.78 is 26.9. The first-order chi connectivity index (χ1) is 10.4. The Morgan fingerprint density at radius 3 is 2.36 bits per heavy atom. The molecule has 4 nitrogen and oxygen atoms in total. The maximum absolute atomic E-state index is 12.1. The van der Waals surface area contributed by atoms with Crippen LogP contribution in [0.1, 0.15) is 26.7 Å². The monoisotopic (exact) mass is 344 g/mol. The smallest absolute Gasteiger partial charge is 0.240 e. The molecule has 1 aliphatic rings. The van der Waals surface area contributed by atoms with Gasteiger partial charge in [0.15, 0.2) is 0 Å². The van der Waals surface area contributed by atoms with Crippen molar-refractivity contribution < 1.29 is 8.42 Å². The van der Waals surface area contributed by atoms with Crippen molar-refractivity contribution in [2.75, 3.05) is 26.2 Å². The third-order valence-electron chi connectivity index (χ3n) is 4.01. The van der Waals surface area contributed by atoms with Crippen LogP contribution in [0.3, 0.4) is 0 Å². The van der Waals surface area contributed by atoms with Crippen molar-refractivity contribution in [3.63, 3.8) is 0 Å². The van der Waals surface area contributed by atoms with Gasteiger partial charge in [-0.15, -0.1) is 0 Å². The van der Waals surface area contributed by atoms with E-state index in [0.29, 0.717) is 11.6 Å². The molecule has 1 N–H and O–H groups in total. The molecular formula is C16H25ClN2O2S. The zero-order chi connectivity index (χ0) is 16.2. The lowest BCUT2D eigenvalue weighted by Crippen LogP contribution is -2.40. The van der Waals surface area contributed by atoms with Gasteiger partial charge in [0.05, 0.1) is 4.90 Å². The van der Waals surface area contributed by atoms with Crippen molar-refractivity contribution in [1.82, 2.24) is 9.62 Å². The average molecular weight is 345 g/mol. The SMILES string of the molecule is CC1CC(C)CN(CCCNS(=O)(=O)c2ccc(Cl)cc2)C1. The molecule has 0 spiro atoms. The molecule has 0 bridgehead atoms. The van der Waals surface area contributed by atoms with E-state index in [1.807, 2.05) is 0 Å². The Morgan fingerprint density at radius 1 is 1.18 bits per heavy atom. The summed E-state index contributed by atoms with van der Waals surface area (Å²) >= 11 is 5.78. The summed E-state index contributed by atoms with van der Waals surface area (Å²) in [7, 11) is -3.43. The summed E-state index contributed by atoms with van der Waals surface area (Å²) in [5.74, 6) is 1.46. The lowest BCUT2D eigenvalue weighted by atomic mass is 9.92. The Kier molecular flexibility index (Phi) is 6.26. The van der Waals surface area contributed by atoms with Gasteiger partial charge in [-0.3, -0.25) is 0 Å². The molecule has 22 heavy (non-hydrogen) atoms. The van der Waals surface area contributed by atoms with E-state index in [4.69, 9.17) is 11.6 Å². The van der Waals surface area contributed by atoms with Crippen LogP contribution in [0.25, 0.3) is 0 Å². The van der Waals surface area contributed by atoms with Crippen LogP contribution in [-0.4, -0.2) is 39.5 Å². The van der Waals surface area contributed by atoms with E-state index in [-0.39, 0.29) is 4.90 Å². The highest BCUT2D eigenvalue weighted by molar-refractivity contribution is 7.89. The zero-order valence-corrected chi connectivity index (χ0v) is 14.8. The van der Waals surface area contributed by atoms with Crippen molar-refractivity contribution in [2.24, 2.45) is 11.8 Å². The number of benzene rings is 1. The number of hydrogen-bond acceptors (Lipinski definition) is 3. The minimum Gasteiger partial charge on any atom is -0.303 e. The Labute approximate surface area is 138 Å². The van der Waals surface area contributed by atoms with E-state index in [1.54, 1.807) is 12.1 Å². The molecule has 0 aromatic heterocycles. The molecule has 2 unspecified atom stereocenters. The summed E-state index contributed by atoms with van der Waals surface area (Å²) in [6, 6.07) is 6.23. The molecule has 1 fully saturated rings. The van der Waals surface area contributed by atoms with E-state index < -0.39 is 10.0 Å². The Morgan fingerprint density at radius 2 is 1.77 bits per heavy atom. The highest BCUT2D eigenvalue weighted by Gasteiger charge is 2.21. The van der Waals surface area contributed by atoms with Gasteiger partial charge in [-0.25, -0.2) is 13.1 Å². The minimum atomic E-state index is -3.43. The second kappa shape index (κ2) is 7.77. The molecular weight excluding hydrogens is 320 g/mol. The zero-order valence-electron chi connectivity index (χ0n) is 13.3. The fraction of sp³-hybridized carbons (Fsp3) is 0.625. The highest BCUT2D eigenvalue weighted by Crippen LogP contribution is 2.20. The van der Waals surface area contributed by atoms with Crippen LogP contribution in [0.2, 0.25) is 5.02 Å². The van der Waals surface area contributed by atoms with Crippen molar-refractivity contribution in [2.45, 2.75) is 31.6 Å². The van der Waals surface area contributed by atoms with Crippen LogP contribution >= 0.6 is 11.6 Å². The van der Waals surface area contributed by atoms with Crippen LogP contribution in [0.5, 0.6) is 0 Å². The Bertz CT molecular complexity index is 564. The van der Waals surface area contributed by atoms with Gasteiger partial charge in [-0.05, 0) is 55.5 Å². The summed E-state index contributed by atoms with van der Waals surface area (Å²) in [4.78, 5) is 2.70. The van der Waals surface area contributed by atoms with Crippen molar-refractivity contribution in [1.29, 1.82) is 0 Å². The van der Waals surface area contributed by atoms with E-state index in [0.717, 1.165) is 37.9 Å². The van der Waals surface area contributed by atoms with Crippen molar-refractivity contribution >= 4 is 21.6 Å². The summed E-state index contributed by atoms with van der Waals surface area (Å²) in [5, 5.41) is 0.535. The number of nitrogens with zero attached hydrogens (tertiary/aromatic N) is 1. The molecule has 2 rings (SSSR count). The number of piperidine rings is 1. The third-order valence-corrected chi connectivity index (χ3v) is 5.74. The number of halogens is 1. The molecule has 1 heterocycles.